The van der Waals surface area contributed by atoms with Crippen LogP contribution >= 0.6 is 0 Å². The number of nitrogens with one attached hydrogen (secondary N) is 1. The van der Waals surface area contributed by atoms with Crippen LogP contribution in [0.1, 0.15) is 53.9 Å². The van der Waals surface area contributed by atoms with Gasteiger partial charge in [0.05, 0.1) is 0 Å². The second-order valence-corrected chi connectivity index (χ2v) is 4.83. The number of carbonyl (C=O) groups is 1. The molecule has 0 aromatic carbocycles. The van der Waals surface area contributed by atoms with Gasteiger partial charge in [-0.3, -0.25) is 4.79 Å². The Hall–Kier alpha value is -1.58. The number of aromatic nitrogens is 1. The van der Waals surface area contributed by atoms with E-state index in [1.54, 1.807) is 0 Å². The van der Waals surface area contributed by atoms with Gasteiger partial charge in [0, 0.05) is 12.1 Å². The van der Waals surface area contributed by atoms with E-state index < -0.39 is 0 Å². The predicted molar refractivity (Wildman–Crippen MR) is 69.5 cm³/mol. The van der Waals surface area contributed by atoms with Crippen LogP contribution in [0.25, 0.3) is 0 Å². The predicted octanol–water partition coefficient (Wildman–Crippen LogP) is 2.91. The van der Waals surface area contributed by atoms with Crippen molar-refractivity contribution < 1.29 is 9.32 Å². The Morgan fingerprint density at radius 3 is 2.89 bits per heavy atom. The molecule has 0 unspecified atom stereocenters. The van der Waals surface area contributed by atoms with E-state index in [4.69, 9.17) is 4.52 Å². The van der Waals surface area contributed by atoms with Crippen molar-refractivity contribution in [3.63, 3.8) is 0 Å². The van der Waals surface area contributed by atoms with E-state index in [1.165, 1.54) is 31.3 Å². The Morgan fingerprint density at radius 1 is 1.44 bits per heavy atom. The van der Waals surface area contributed by atoms with Crippen molar-refractivity contribution in [3.8, 4) is 0 Å². The summed E-state index contributed by atoms with van der Waals surface area (Å²) < 4.78 is 4.99. The van der Waals surface area contributed by atoms with Crippen LogP contribution in [0.15, 0.2) is 16.2 Å². The van der Waals surface area contributed by atoms with Gasteiger partial charge in [-0.05, 0) is 46.0 Å². The van der Waals surface area contributed by atoms with Crippen molar-refractivity contribution >= 4 is 5.91 Å². The Labute approximate surface area is 107 Å². The molecule has 0 aliphatic heterocycles. The van der Waals surface area contributed by atoms with E-state index in [0.29, 0.717) is 18.0 Å². The summed E-state index contributed by atoms with van der Waals surface area (Å²) in [6.07, 6.45) is 8.19. The molecule has 4 heteroatoms. The molecule has 0 bridgehead atoms. The molecule has 0 radical (unpaired) electrons. The fourth-order valence-corrected chi connectivity index (χ4v) is 2.18. The Kier molecular flexibility index (Phi) is 4.18. The Bertz CT molecular complexity index is 460. The molecule has 4 nitrogen and oxygen atoms in total. The number of rotatable bonds is 4. The topological polar surface area (TPSA) is 55.1 Å². The summed E-state index contributed by atoms with van der Waals surface area (Å²) in [5.74, 6) is 0.566. The lowest BCUT2D eigenvalue weighted by atomic mass is 9.97. The zero-order chi connectivity index (χ0) is 13.0. The van der Waals surface area contributed by atoms with Crippen molar-refractivity contribution in [2.75, 3.05) is 6.54 Å². The van der Waals surface area contributed by atoms with E-state index in [9.17, 15) is 4.79 Å². The molecule has 2 rings (SSSR count). The van der Waals surface area contributed by atoms with E-state index in [-0.39, 0.29) is 5.91 Å². The summed E-state index contributed by atoms with van der Waals surface area (Å²) in [6.45, 7) is 4.34. The molecule has 18 heavy (non-hydrogen) atoms. The zero-order valence-electron chi connectivity index (χ0n) is 11.1. The fourth-order valence-electron chi connectivity index (χ4n) is 2.18. The summed E-state index contributed by atoms with van der Waals surface area (Å²) in [6, 6.07) is 0. The lowest BCUT2D eigenvalue weighted by molar-refractivity contribution is 0.0944. The molecule has 0 fully saturated rings. The van der Waals surface area contributed by atoms with Gasteiger partial charge in [0.1, 0.15) is 5.76 Å². The Balaban J connectivity index is 1.81. The van der Waals surface area contributed by atoms with Crippen LogP contribution in [0.3, 0.4) is 0 Å². The van der Waals surface area contributed by atoms with Gasteiger partial charge in [-0.2, -0.15) is 0 Å². The first-order valence-corrected chi connectivity index (χ1v) is 6.57. The maximum atomic E-state index is 11.9. The normalized spacial score (nSPS) is 15.3. The highest BCUT2D eigenvalue weighted by Gasteiger charge is 2.15. The van der Waals surface area contributed by atoms with Crippen LogP contribution in [-0.4, -0.2) is 17.6 Å². The van der Waals surface area contributed by atoms with E-state index in [0.717, 1.165) is 12.0 Å². The number of carbonyl (C=O) groups excluding carboxylic acids is 1. The van der Waals surface area contributed by atoms with Crippen LogP contribution < -0.4 is 5.32 Å². The molecular weight excluding hydrogens is 228 g/mol. The van der Waals surface area contributed by atoms with E-state index >= 15 is 0 Å². The summed E-state index contributed by atoms with van der Waals surface area (Å²) >= 11 is 0. The largest absolute Gasteiger partial charge is 0.361 e. The lowest BCUT2D eigenvalue weighted by Gasteiger charge is -2.12. The molecule has 0 saturated carbocycles. The maximum absolute atomic E-state index is 11.9. The van der Waals surface area contributed by atoms with Gasteiger partial charge in [-0.1, -0.05) is 16.8 Å². The summed E-state index contributed by atoms with van der Waals surface area (Å²) in [5, 5.41) is 6.68. The second-order valence-electron chi connectivity index (χ2n) is 4.83. The minimum Gasteiger partial charge on any atom is -0.361 e. The second kappa shape index (κ2) is 5.85. The van der Waals surface area contributed by atoms with E-state index in [2.05, 4.69) is 16.5 Å². The van der Waals surface area contributed by atoms with Gasteiger partial charge in [0.15, 0.2) is 5.69 Å². The van der Waals surface area contributed by atoms with Gasteiger partial charge in [0.25, 0.3) is 5.91 Å². The van der Waals surface area contributed by atoms with Crippen LogP contribution in [-0.2, 0) is 0 Å². The van der Waals surface area contributed by atoms with Gasteiger partial charge in [0.2, 0.25) is 0 Å². The van der Waals surface area contributed by atoms with Crippen molar-refractivity contribution in [1.29, 1.82) is 0 Å². The average Bonchev–Trinajstić information content (AvgIpc) is 2.71. The standard InChI is InChI=1S/C14H20N2O2/c1-10-11(2)18-16-13(10)14(17)15-9-8-12-6-4-3-5-7-12/h6H,3-5,7-9H2,1-2H3,(H,15,17). The first-order valence-electron chi connectivity index (χ1n) is 6.57. The molecule has 1 N–H and O–H groups in total. The summed E-state index contributed by atoms with van der Waals surface area (Å²) in [5.41, 5.74) is 2.70. The smallest absolute Gasteiger partial charge is 0.273 e. The van der Waals surface area contributed by atoms with Crippen LogP contribution in [0.4, 0.5) is 0 Å². The molecule has 1 aliphatic carbocycles. The van der Waals surface area contributed by atoms with Gasteiger partial charge in [-0.25, -0.2) is 0 Å². The fraction of sp³-hybridized carbons (Fsp3) is 0.571. The van der Waals surface area contributed by atoms with Crippen molar-refractivity contribution in [2.45, 2.75) is 46.0 Å². The molecule has 1 aromatic heterocycles. The number of allylic oxidation sites excluding steroid dienone is 1. The molecule has 0 atom stereocenters. The zero-order valence-corrected chi connectivity index (χ0v) is 11.1. The number of amides is 1. The molecule has 1 aromatic rings. The highest BCUT2D eigenvalue weighted by Crippen LogP contribution is 2.19. The minimum atomic E-state index is -0.138. The van der Waals surface area contributed by atoms with Crippen molar-refractivity contribution in [2.24, 2.45) is 0 Å². The summed E-state index contributed by atoms with van der Waals surface area (Å²) in [7, 11) is 0. The minimum absolute atomic E-state index is 0.138. The highest BCUT2D eigenvalue weighted by molar-refractivity contribution is 5.93. The quantitative estimate of drug-likeness (QED) is 0.833. The van der Waals surface area contributed by atoms with Gasteiger partial charge in [-0.15, -0.1) is 0 Å². The van der Waals surface area contributed by atoms with Crippen molar-refractivity contribution in [3.05, 3.63) is 28.7 Å². The average molecular weight is 248 g/mol. The first kappa shape index (κ1) is 12.9. The van der Waals surface area contributed by atoms with Crippen molar-refractivity contribution in [1.82, 2.24) is 10.5 Å². The monoisotopic (exact) mass is 248 g/mol. The molecule has 1 amide bonds. The number of nitrogens with zero attached hydrogens (tertiary/aromatic N) is 1. The lowest BCUT2D eigenvalue weighted by Crippen LogP contribution is -2.25. The molecule has 1 aliphatic rings. The molecule has 1 heterocycles. The highest BCUT2D eigenvalue weighted by atomic mass is 16.5. The molecule has 98 valence electrons. The summed E-state index contributed by atoms with van der Waals surface area (Å²) in [4.78, 5) is 11.9. The third-order valence-electron chi connectivity index (χ3n) is 3.49. The van der Waals surface area contributed by atoms with E-state index in [1.807, 2.05) is 13.8 Å². The first-order chi connectivity index (χ1) is 8.68. The molecule has 0 saturated heterocycles. The number of aryl methyl sites for hydroxylation is 1. The maximum Gasteiger partial charge on any atom is 0.273 e. The van der Waals surface area contributed by atoms with Gasteiger partial charge < -0.3 is 9.84 Å². The van der Waals surface area contributed by atoms with Crippen LogP contribution in [0, 0.1) is 13.8 Å². The third-order valence-corrected chi connectivity index (χ3v) is 3.49. The molecule has 0 spiro atoms. The van der Waals surface area contributed by atoms with Crippen LogP contribution in [0.5, 0.6) is 0 Å². The number of hydrogen-bond acceptors (Lipinski definition) is 3. The third kappa shape index (κ3) is 3.00. The molecular formula is C14H20N2O2. The number of hydrogen-bond donors (Lipinski definition) is 1. The Morgan fingerprint density at radius 2 is 2.28 bits per heavy atom. The SMILES string of the molecule is Cc1onc(C(=O)NCCC2=CCCCC2)c1C. The van der Waals surface area contributed by atoms with Gasteiger partial charge >= 0.3 is 0 Å². The van der Waals surface area contributed by atoms with Crippen LogP contribution in [0.2, 0.25) is 0 Å².